The molecule has 1 aromatic carbocycles. The average molecular weight is 391 g/mol. The fourth-order valence-electron chi connectivity index (χ4n) is 5.43. The van der Waals surface area contributed by atoms with Crippen molar-refractivity contribution in [3.8, 4) is 0 Å². The van der Waals surface area contributed by atoms with E-state index in [1.807, 2.05) is 13.8 Å². The molecular weight excluding hydrogens is 360 g/mol. The van der Waals surface area contributed by atoms with Gasteiger partial charge in [-0.15, -0.1) is 0 Å². The lowest BCUT2D eigenvalue weighted by molar-refractivity contribution is 0.0632. The number of benzene rings is 1. The van der Waals surface area contributed by atoms with Crippen molar-refractivity contribution in [1.82, 2.24) is 9.21 Å². The molecule has 148 valence electrons. The van der Waals surface area contributed by atoms with Crippen molar-refractivity contribution in [3.05, 3.63) is 29.8 Å². The van der Waals surface area contributed by atoms with E-state index in [1.165, 1.54) is 23.6 Å². The highest BCUT2D eigenvalue weighted by atomic mass is 32.2. The lowest BCUT2D eigenvalue weighted by Crippen LogP contribution is -2.42. The molecule has 0 N–H and O–H groups in total. The molecule has 4 fully saturated rings. The van der Waals surface area contributed by atoms with E-state index in [1.54, 1.807) is 31.3 Å². The van der Waals surface area contributed by atoms with E-state index in [2.05, 4.69) is 4.90 Å². The number of sulfonamides is 1. The molecule has 2 heterocycles. The minimum atomic E-state index is -3.59. The zero-order chi connectivity index (χ0) is 19.3. The molecule has 0 spiro atoms. The zero-order valence-corrected chi connectivity index (χ0v) is 17.3. The third kappa shape index (κ3) is 3.42. The van der Waals surface area contributed by atoms with E-state index >= 15 is 0 Å². The molecule has 5 rings (SSSR count). The Morgan fingerprint density at radius 2 is 1.70 bits per heavy atom. The maximum absolute atomic E-state index is 13.3. The van der Waals surface area contributed by atoms with Gasteiger partial charge in [0.1, 0.15) is 0 Å². The summed E-state index contributed by atoms with van der Waals surface area (Å²) >= 11 is 0. The summed E-state index contributed by atoms with van der Waals surface area (Å²) in [6, 6.07) is 6.79. The summed E-state index contributed by atoms with van der Waals surface area (Å²) in [4.78, 5) is 15.6. The first-order chi connectivity index (χ1) is 12.8. The fourth-order valence-corrected chi connectivity index (χ4v) is 6.85. The van der Waals surface area contributed by atoms with Crippen LogP contribution in [0.2, 0.25) is 0 Å². The van der Waals surface area contributed by atoms with E-state index < -0.39 is 10.0 Å². The maximum Gasteiger partial charge on any atom is 0.254 e. The van der Waals surface area contributed by atoms with Crippen molar-refractivity contribution in [1.29, 1.82) is 0 Å². The maximum atomic E-state index is 13.3. The van der Waals surface area contributed by atoms with Gasteiger partial charge in [-0.2, -0.15) is 4.31 Å². The highest BCUT2D eigenvalue weighted by molar-refractivity contribution is 7.89. The van der Waals surface area contributed by atoms with Crippen molar-refractivity contribution >= 4 is 15.9 Å². The number of hydrogen-bond acceptors (Lipinski definition) is 3. The molecule has 5 nitrogen and oxygen atoms in total. The summed E-state index contributed by atoms with van der Waals surface area (Å²) in [6.07, 6.45) is 6.08. The van der Waals surface area contributed by atoms with Crippen LogP contribution in [0.4, 0.5) is 0 Å². The van der Waals surface area contributed by atoms with Gasteiger partial charge in [0.05, 0.1) is 4.90 Å². The van der Waals surface area contributed by atoms with Crippen LogP contribution in [0.15, 0.2) is 29.2 Å². The van der Waals surface area contributed by atoms with E-state index in [4.69, 9.17) is 0 Å². The number of amides is 1. The van der Waals surface area contributed by atoms with E-state index in [0.29, 0.717) is 17.5 Å². The second-order valence-electron chi connectivity index (χ2n) is 9.03. The van der Waals surface area contributed by atoms with Crippen LogP contribution in [0.1, 0.15) is 56.3 Å². The highest BCUT2D eigenvalue weighted by Crippen LogP contribution is 2.47. The average Bonchev–Trinajstić information content (AvgIpc) is 2.83. The summed E-state index contributed by atoms with van der Waals surface area (Å²) in [5.41, 5.74) is 0.495. The normalized spacial score (nSPS) is 30.2. The third-order valence-electron chi connectivity index (χ3n) is 6.85. The van der Waals surface area contributed by atoms with Gasteiger partial charge in [0, 0.05) is 31.2 Å². The Morgan fingerprint density at radius 1 is 1.07 bits per heavy atom. The fraction of sp³-hybridized carbons (Fsp3) is 0.667. The molecular formula is C21H30N2O3S. The lowest BCUT2D eigenvalue weighted by Gasteiger charge is -2.39. The topological polar surface area (TPSA) is 57.7 Å². The third-order valence-corrected chi connectivity index (χ3v) is 8.88. The van der Waals surface area contributed by atoms with Gasteiger partial charge in [-0.1, -0.05) is 6.07 Å². The first kappa shape index (κ1) is 18.9. The first-order valence-electron chi connectivity index (χ1n) is 10.1. The van der Waals surface area contributed by atoms with Gasteiger partial charge in [0.15, 0.2) is 0 Å². The zero-order valence-electron chi connectivity index (χ0n) is 16.5. The number of hydrogen-bond donors (Lipinski definition) is 0. The second kappa shape index (κ2) is 6.89. The van der Waals surface area contributed by atoms with Crippen LogP contribution in [-0.2, 0) is 10.0 Å². The SMILES string of the molecule is CC(C)N(C)S(=O)(=O)c1cccc(C(=O)N2CC3CC4CC(C3)CC2C4)c1. The predicted molar refractivity (Wildman–Crippen MR) is 105 cm³/mol. The van der Waals surface area contributed by atoms with Gasteiger partial charge in [-0.05, 0) is 81.9 Å². The highest BCUT2D eigenvalue weighted by Gasteiger charge is 2.44. The minimum absolute atomic E-state index is 0.00236. The molecule has 2 saturated carbocycles. The molecule has 4 bridgehead atoms. The smallest absolute Gasteiger partial charge is 0.254 e. The molecule has 1 aromatic rings. The molecule has 2 aliphatic heterocycles. The van der Waals surface area contributed by atoms with Gasteiger partial charge < -0.3 is 4.90 Å². The number of carbonyl (C=O) groups is 1. The lowest BCUT2D eigenvalue weighted by atomic mass is 9.68. The van der Waals surface area contributed by atoms with Gasteiger partial charge in [0.2, 0.25) is 10.0 Å². The molecule has 2 aliphatic carbocycles. The van der Waals surface area contributed by atoms with Gasteiger partial charge in [0.25, 0.3) is 5.91 Å². The second-order valence-corrected chi connectivity index (χ2v) is 11.0. The monoisotopic (exact) mass is 390 g/mol. The Morgan fingerprint density at radius 3 is 2.33 bits per heavy atom. The molecule has 4 aliphatic rings. The van der Waals surface area contributed by atoms with Crippen molar-refractivity contribution in [2.45, 2.75) is 62.9 Å². The number of nitrogens with zero attached hydrogens (tertiary/aromatic N) is 2. The summed E-state index contributed by atoms with van der Waals surface area (Å²) < 4.78 is 27.0. The predicted octanol–water partition coefficient (Wildman–Crippen LogP) is 3.37. The Labute approximate surface area is 162 Å². The van der Waals surface area contributed by atoms with Crippen LogP contribution < -0.4 is 0 Å². The largest absolute Gasteiger partial charge is 0.335 e. The van der Waals surface area contributed by atoms with Crippen molar-refractivity contribution in [2.24, 2.45) is 17.8 Å². The van der Waals surface area contributed by atoms with E-state index in [-0.39, 0.29) is 16.8 Å². The summed E-state index contributed by atoms with van der Waals surface area (Å²) in [5, 5.41) is 0. The Bertz CT molecular complexity index is 822. The van der Waals surface area contributed by atoms with Crippen LogP contribution >= 0.6 is 0 Å². The van der Waals surface area contributed by atoms with Gasteiger partial charge in [-0.3, -0.25) is 4.79 Å². The van der Waals surface area contributed by atoms with Crippen LogP contribution in [0.3, 0.4) is 0 Å². The summed E-state index contributed by atoms with van der Waals surface area (Å²) in [6.45, 7) is 4.52. The molecule has 2 atom stereocenters. The summed E-state index contributed by atoms with van der Waals surface area (Å²) in [7, 11) is -2.01. The minimum Gasteiger partial charge on any atom is -0.335 e. The van der Waals surface area contributed by atoms with Gasteiger partial charge >= 0.3 is 0 Å². The van der Waals surface area contributed by atoms with Crippen LogP contribution in [0, 0.1) is 17.8 Å². The molecule has 2 saturated heterocycles. The first-order valence-corrected chi connectivity index (χ1v) is 11.6. The molecule has 1 amide bonds. The van der Waals surface area contributed by atoms with Crippen LogP contribution in [0.5, 0.6) is 0 Å². The molecule has 27 heavy (non-hydrogen) atoms. The Kier molecular flexibility index (Phi) is 4.83. The molecule has 0 radical (unpaired) electrons. The standard InChI is InChI=1S/C21H30N2O3S/c1-14(2)22(3)27(25,26)20-6-4-5-18(12-20)21(24)23-13-17-8-15-7-16(9-17)11-19(23)10-15/h4-6,12,14-17,19H,7-11,13H2,1-3H3. The number of carbonyl (C=O) groups excluding carboxylic acids is 1. The van der Waals surface area contributed by atoms with Crippen molar-refractivity contribution in [2.75, 3.05) is 13.6 Å². The quantitative estimate of drug-likeness (QED) is 0.792. The van der Waals surface area contributed by atoms with Crippen molar-refractivity contribution in [3.63, 3.8) is 0 Å². The van der Waals surface area contributed by atoms with Crippen LogP contribution in [0.25, 0.3) is 0 Å². The number of rotatable bonds is 4. The van der Waals surface area contributed by atoms with E-state index in [0.717, 1.165) is 31.2 Å². The molecule has 0 aromatic heterocycles. The van der Waals surface area contributed by atoms with E-state index in [9.17, 15) is 13.2 Å². The number of fused-ring (bicyclic) bond motifs is 1. The van der Waals surface area contributed by atoms with Gasteiger partial charge in [-0.25, -0.2) is 8.42 Å². The molecule has 2 unspecified atom stereocenters. The summed E-state index contributed by atoms with van der Waals surface area (Å²) in [5.74, 6) is 2.16. The van der Waals surface area contributed by atoms with Crippen LogP contribution in [-0.4, -0.2) is 49.2 Å². The molecule has 6 heteroatoms. The Balaban J connectivity index is 1.62. The Hall–Kier alpha value is -1.40. The van der Waals surface area contributed by atoms with Crippen molar-refractivity contribution < 1.29 is 13.2 Å².